The summed E-state index contributed by atoms with van der Waals surface area (Å²) in [6, 6.07) is 2.83. The fourth-order valence-corrected chi connectivity index (χ4v) is 7.99. The van der Waals surface area contributed by atoms with Crippen LogP contribution in [0.2, 0.25) is 0 Å². The van der Waals surface area contributed by atoms with Gasteiger partial charge in [0, 0.05) is 52.2 Å². The van der Waals surface area contributed by atoms with Crippen LogP contribution >= 0.6 is 58.8 Å². The van der Waals surface area contributed by atoms with Crippen LogP contribution in [-0.2, 0) is 31.1 Å². The fourth-order valence-electron chi connectivity index (χ4n) is 3.92. The molecule has 0 radical (unpaired) electrons. The fraction of sp³-hybridized carbons (Fsp3) is 0.292. The maximum absolute atomic E-state index is 13.2. The predicted molar refractivity (Wildman–Crippen MR) is 161 cm³/mol. The van der Waals surface area contributed by atoms with Gasteiger partial charge in [0.25, 0.3) is 11.8 Å². The average molecular weight is 683 g/mol. The Kier molecular flexibility index (Phi) is 10.4. The Bertz CT molecular complexity index is 1630. The number of hydrogen-bond acceptors (Lipinski definition) is 14. The van der Waals surface area contributed by atoms with Crippen molar-refractivity contribution in [2.24, 2.45) is 12.2 Å². The van der Waals surface area contributed by atoms with E-state index in [2.05, 4.69) is 30.1 Å². The SMILES string of the molecule is CCO/N=C(\C(=O)NC1C(=O)N2C(C(=O)[O-])=C(Sc3nc(-c4cc[n+](C)cc4)cs3)CSC12)c1nsc(NC(C)=O)n1.Cl. The lowest BCUT2D eigenvalue weighted by Crippen LogP contribution is -2.71. The number of carboxylic acids is 1. The van der Waals surface area contributed by atoms with Gasteiger partial charge in [-0.1, -0.05) is 16.9 Å². The minimum absolute atomic E-state index is 0. The van der Waals surface area contributed by atoms with Crippen molar-refractivity contribution < 1.29 is 33.7 Å². The highest BCUT2D eigenvalue weighted by Gasteiger charge is 2.53. The highest BCUT2D eigenvalue weighted by atomic mass is 35.5. The summed E-state index contributed by atoms with van der Waals surface area (Å²) in [5.41, 5.74) is 1.14. The number of carboxylic acid groups (broad SMARTS) is 1. The maximum Gasteiger partial charge on any atom is 0.278 e. The van der Waals surface area contributed by atoms with E-state index < -0.39 is 29.2 Å². The Morgan fingerprint density at radius 2 is 2.02 bits per heavy atom. The molecule has 43 heavy (non-hydrogen) atoms. The van der Waals surface area contributed by atoms with E-state index in [-0.39, 0.29) is 53.0 Å². The first kappa shape index (κ1) is 32.3. The molecule has 2 N–H and O–H groups in total. The molecule has 0 aromatic carbocycles. The van der Waals surface area contributed by atoms with Crippen molar-refractivity contribution in [1.29, 1.82) is 0 Å². The number of thiazole rings is 1. The number of nitrogens with one attached hydrogen (secondary N) is 2. The monoisotopic (exact) mass is 682 g/mol. The molecule has 3 aromatic rings. The lowest BCUT2D eigenvalue weighted by molar-refractivity contribution is -0.671. The first-order chi connectivity index (χ1) is 20.2. The molecule has 2 unspecified atom stereocenters. The number of fused-ring (bicyclic) bond motifs is 1. The molecule has 1 fully saturated rings. The highest BCUT2D eigenvalue weighted by Crippen LogP contribution is 2.45. The standard InChI is InChI=1S/C24H22N8O6S4.ClH/c1-4-38-29-15(18-28-23(42-30-18)25-11(2)33)19(34)27-16-20(35)32-17(22(36)37)14(10-39-21(16)32)41-24-26-13(9-40-24)12-5-7-31(3)8-6-12;/h5-9,16,21H,4,10H2,1-3H3,(H2-,25,27,28,30,33,34,36,37);1H/b29-15-;. The van der Waals surface area contributed by atoms with Gasteiger partial charge in [-0.2, -0.15) is 9.36 Å². The van der Waals surface area contributed by atoms with Crippen molar-refractivity contribution in [2.45, 2.75) is 29.6 Å². The molecule has 226 valence electrons. The number of pyridine rings is 1. The van der Waals surface area contributed by atoms with Crippen molar-refractivity contribution >= 4 is 93.3 Å². The lowest BCUT2D eigenvalue weighted by atomic mass is 10.0. The van der Waals surface area contributed by atoms with Crippen LogP contribution in [-0.4, -0.2) is 72.4 Å². The number of aromatic nitrogens is 4. The zero-order valence-corrected chi connectivity index (χ0v) is 26.7. The van der Waals surface area contributed by atoms with Gasteiger partial charge in [0.1, 0.15) is 25.1 Å². The molecule has 2 atom stereocenters. The van der Waals surface area contributed by atoms with Gasteiger partial charge in [0.15, 0.2) is 16.7 Å². The third-order valence-corrected chi connectivity index (χ3v) is 9.92. The van der Waals surface area contributed by atoms with Crippen molar-refractivity contribution in [3.63, 3.8) is 0 Å². The molecule has 5 rings (SSSR count). The molecule has 0 saturated carbocycles. The summed E-state index contributed by atoms with van der Waals surface area (Å²) in [5, 5.41) is 22.4. The average Bonchev–Trinajstić information content (AvgIpc) is 3.61. The van der Waals surface area contributed by atoms with Gasteiger partial charge in [-0.25, -0.2) is 9.55 Å². The van der Waals surface area contributed by atoms with Gasteiger partial charge in [0.2, 0.25) is 22.6 Å². The van der Waals surface area contributed by atoms with Gasteiger partial charge < -0.3 is 25.4 Å². The van der Waals surface area contributed by atoms with Crippen LogP contribution in [0.15, 0.2) is 50.0 Å². The molecule has 14 nitrogen and oxygen atoms in total. The summed E-state index contributed by atoms with van der Waals surface area (Å²) in [6.45, 7) is 3.12. The maximum atomic E-state index is 13.2. The van der Waals surface area contributed by atoms with Gasteiger partial charge in [-0.15, -0.1) is 35.5 Å². The van der Waals surface area contributed by atoms with Crippen molar-refractivity contribution in [3.8, 4) is 11.3 Å². The summed E-state index contributed by atoms with van der Waals surface area (Å²) < 4.78 is 6.57. The quantitative estimate of drug-likeness (QED) is 0.133. The summed E-state index contributed by atoms with van der Waals surface area (Å²) in [7, 11) is 1.91. The number of thioether (sulfide) groups is 2. The molecule has 0 aliphatic carbocycles. The number of aliphatic carboxylic acids is 1. The van der Waals surface area contributed by atoms with Crippen LogP contribution in [0.1, 0.15) is 19.7 Å². The second kappa shape index (κ2) is 13.8. The number of rotatable bonds is 10. The molecular formula is C24H23ClN8O6S4. The molecule has 1 saturated heterocycles. The number of amides is 3. The third kappa shape index (κ3) is 6.98. The summed E-state index contributed by atoms with van der Waals surface area (Å²) in [5.74, 6) is -3.11. The Hall–Kier alpha value is -3.58. The van der Waals surface area contributed by atoms with Crippen LogP contribution in [0, 0.1) is 0 Å². The number of hydrogen-bond donors (Lipinski definition) is 2. The van der Waals surface area contributed by atoms with Crippen molar-refractivity contribution in [1.82, 2.24) is 24.6 Å². The number of carbonyl (C=O) groups is 4. The van der Waals surface area contributed by atoms with Crippen LogP contribution in [0.4, 0.5) is 5.13 Å². The minimum atomic E-state index is -1.50. The molecule has 0 spiro atoms. The lowest BCUT2D eigenvalue weighted by Gasteiger charge is -2.50. The van der Waals surface area contributed by atoms with E-state index in [0.717, 1.165) is 27.7 Å². The first-order valence-corrected chi connectivity index (χ1v) is 15.8. The Labute approximate surface area is 267 Å². The zero-order valence-electron chi connectivity index (χ0n) is 22.6. The minimum Gasteiger partial charge on any atom is -0.543 e. The van der Waals surface area contributed by atoms with E-state index in [1.54, 1.807) is 6.92 Å². The van der Waals surface area contributed by atoms with E-state index in [1.807, 2.05) is 41.5 Å². The number of β-lactam (4-membered cyclic amide) rings is 1. The molecule has 2 aliphatic heterocycles. The van der Waals surface area contributed by atoms with Crippen molar-refractivity contribution in [3.05, 3.63) is 46.3 Å². The smallest absolute Gasteiger partial charge is 0.278 e. The molecule has 19 heteroatoms. The van der Waals surface area contributed by atoms with Gasteiger partial charge in [-0.05, 0) is 6.92 Å². The molecule has 5 heterocycles. The normalized spacial score (nSPS) is 17.9. The topological polar surface area (TPSA) is 183 Å². The van der Waals surface area contributed by atoms with E-state index >= 15 is 0 Å². The van der Waals surface area contributed by atoms with E-state index in [4.69, 9.17) is 4.84 Å². The Morgan fingerprint density at radius 3 is 2.70 bits per heavy atom. The number of carbonyl (C=O) groups excluding carboxylic acids is 4. The molecular weight excluding hydrogens is 660 g/mol. The largest absolute Gasteiger partial charge is 0.543 e. The number of anilines is 1. The van der Waals surface area contributed by atoms with Crippen molar-refractivity contribution in [2.75, 3.05) is 17.7 Å². The summed E-state index contributed by atoms with van der Waals surface area (Å²) in [6.07, 6.45) is 3.81. The number of nitrogens with zero attached hydrogens (tertiary/aromatic N) is 6. The number of oxime groups is 1. The first-order valence-electron chi connectivity index (χ1n) is 12.3. The van der Waals surface area contributed by atoms with E-state index in [9.17, 15) is 24.3 Å². The van der Waals surface area contributed by atoms with Crippen LogP contribution in [0.25, 0.3) is 11.3 Å². The molecule has 2 aliphatic rings. The second-order valence-electron chi connectivity index (χ2n) is 8.74. The molecule has 3 amide bonds. The van der Waals surface area contributed by atoms with Gasteiger partial charge >= 0.3 is 0 Å². The summed E-state index contributed by atoms with van der Waals surface area (Å²) >= 11 is 4.69. The highest BCUT2D eigenvalue weighted by molar-refractivity contribution is 8.07. The third-order valence-electron chi connectivity index (χ3n) is 5.80. The Morgan fingerprint density at radius 1 is 1.28 bits per heavy atom. The zero-order chi connectivity index (χ0) is 30.0. The molecule has 3 aromatic heterocycles. The second-order valence-corrected chi connectivity index (χ2v) is 12.8. The van der Waals surface area contributed by atoms with Gasteiger partial charge in [-0.3, -0.25) is 19.3 Å². The predicted octanol–water partition coefficient (Wildman–Crippen LogP) is 0.761. The van der Waals surface area contributed by atoms with Crippen LogP contribution in [0.3, 0.4) is 0 Å². The van der Waals surface area contributed by atoms with Crippen LogP contribution in [0.5, 0.6) is 0 Å². The molecule has 0 bridgehead atoms. The van der Waals surface area contributed by atoms with Crippen LogP contribution < -0.4 is 20.3 Å². The van der Waals surface area contributed by atoms with Gasteiger partial charge in [0.05, 0.1) is 17.4 Å². The van der Waals surface area contributed by atoms with E-state index in [1.165, 1.54) is 41.8 Å². The number of halogens is 1. The summed E-state index contributed by atoms with van der Waals surface area (Å²) in [4.78, 5) is 65.1. The number of aryl methyl sites for hydroxylation is 1. The Balaban J connectivity index is 0.00000423. The van der Waals surface area contributed by atoms with E-state index in [0.29, 0.717) is 9.24 Å².